The lowest BCUT2D eigenvalue weighted by atomic mass is 9.91. The Kier molecular flexibility index (Phi) is 5.79. The van der Waals surface area contributed by atoms with Gasteiger partial charge in [-0.15, -0.1) is 0 Å². The fraction of sp³-hybridized carbons (Fsp3) is 0.562. The summed E-state index contributed by atoms with van der Waals surface area (Å²) >= 11 is 3.42. The third kappa shape index (κ3) is 4.05. The smallest absolute Gasteiger partial charge is 0.330 e. The van der Waals surface area contributed by atoms with Gasteiger partial charge in [0.05, 0.1) is 12.7 Å². The van der Waals surface area contributed by atoms with E-state index in [1.165, 1.54) is 0 Å². The van der Waals surface area contributed by atoms with Crippen molar-refractivity contribution in [2.75, 3.05) is 19.8 Å². The Bertz CT molecular complexity index is 471. The Morgan fingerprint density at radius 2 is 2.19 bits per heavy atom. The van der Waals surface area contributed by atoms with Gasteiger partial charge in [-0.25, -0.2) is 4.79 Å². The number of nitrogens with one attached hydrogen (secondary N) is 1. The molecule has 1 aromatic carbocycles. The first-order valence-electron chi connectivity index (χ1n) is 7.36. The van der Waals surface area contributed by atoms with Crippen LogP contribution in [0.2, 0.25) is 0 Å². The molecule has 1 heterocycles. The molecule has 2 atom stereocenters. The number of hydrogen-bond donors (Lipinski definition) is 1. The predicted octanol–water partition coefficient (Wildman–Crippen LogP) is 3.00. The van der Waals surface area contributed by atoms with Gasteiger partial charge in [-0.05, 0) is 44.4 Å². The van der Waals surface area contributed by atoms with Crippen LogP contribution < -0.4 is 5.32 Å². The van der Waals surface area contributed by atoms with E-state index in [0.29, 0.717) is 13.2 Å². The molecule has 1 saturated heterocycles. The highest BCUT2D eigenvalue weighted by atomic mass is 79.9. The first-order chi connectivity index (χ1) is 10.1. The minimum Gasteiger partial charge on any atom is -0.464 e. The summed E-state index contributed by atoms with van der Waals surface area (Å²) < 4.78 is 11.9. The van der Waals surface area contributed by atoms with E-state index < -0.39 is 5.54 Å². The molecule has 0 radical (unpaired) electrons. The van der Waals surface area contributed by atoms with E-state index in [1.807, 2.05) is 38.1 Å². The summed E-state index contributed by atoms with van der Waals surface area (Å²) in [5.74, 6) is -0.259. The minimum atomic E-state index is -0.858. The molecular weight excluding hydrogens is 334 g/mol. The van der Waals surface area contributed by atoms with Crippen LogP contribution in [0.3, 0.4) is 0 Å². The number of benzene rings is 1. The van der Waals surface area contributed by atoms with Crippen LogP contribution in [-0.4, -0.2) is 31.8 Å². The highest BCUT2D eigenvalue weighted by Gasteiger charge is 2.37. The van der Waals surface area contributed by atoms with Gasteiger partial charge in [-0.3, -0.25) is 5.32 Å². The first-order valence-corrected chi connectivity index (χ1v) is 8.15. The summed E-state index contributed by atoms with van der Waals surface area (Å²) in [6.45, 7) is 5.50. The standard InChI is InChI=1S/C16H22BrNO3/c1-3-20-15(19)16(2,12-6-8-13(17)9-7-12)18-11-14-5-4-10-21-14/h6-9,14,18H,3-5,10-11H2,1-2H3. The van der Waals surface area contributed by atoms with Crippen molar-refractivity contribution in [1.82, 2.24) is 5.32 Å². The van der Waals surface area contributed by atoms with Crippen LogP contribution in [0, 0.1) is 0 Å². The van der Waals surface area contributed by atoms with Crippen LogP contribution in [-0.2, 0) is 19.8 Å². The maximum absolute atomic E-state index is 12.4. The van der Waals surface area contributed by atoms with E-state index in [2.05, 4.69) is 21.2 Å². The summed E-state index contributed by atoms with van der Waals surface area (Å²) in [6.07, 6.45) is 2.29. The Hall–Kier alpha value is -0.910. The third-order valence-electron chi connectivity index (χ3n) is 3.81. The van der Waals surface area contributed by atoms with Crippen molar-refractivity contribution in [2.24, 2.45) is 0 Å². The summed E-state index contributed by atoms with van der Waals surface area (Å²) in [5.41, 5.74) is 0.0324. The van der Waals surface area contributed by atoms with E-state index in [1.54, 1.807) is 0 Å². The molecule has 0 aliphatic carbocycles. The molecule has 116 valence electrons. The summed E-state index contributed by atoms with van der Waals surface area (Å²) in [7, 11) is 0. The van der Waals surface area contributed by atoms with Crippen LogP contribution in [0.1, 0.15) is 32.3 Å². The molecule has 1 aliphatic heterocycles. The Labute approximate surface area is 134 Å². The third-order valence-corrected chi connectivity index (χ3v) is 4.34. The second-order valence-electron chi connectivity index (χ2n) is 5.37. The number of rotatable bonds is 6. The van der Waals surface area contributed by atoms with Gasteiger partial charge in [0, 0.05) is 17.6 Å². The topological polar surface area (TPSA) is 47.6 Å². The molecule has 0 saturated carbocycles. The molecule has 0 bridgehead atoms. The number of esters is 1. The van der Waals surface area contributed by atoms with E-state index in [0.717, 1.165) is 29.5 Å². The zero-order valence-electron chi connectivity index (χ0n) is 12.5. The predicted molar refractivity (Wildman–Crippen MR) is 85.1 cm³/mol. The number of ether oxygens (including phenoxy) is 2. The van der Waals surface area contributed by atoms with Crippen molar-refractivity contribution in [3.63, 3.8) is 0 Å². The first kappa shape index (κ1) is 16.5. The van der Waals surface area contributed by atoms with Gasteiger partial charge >= 0.3 is 5.97 Å². The van der Waals surface area contributed by atoms with Gasteiger partial charge < -0.3 is 9.47 Å². The lowest BCUT2D eigenvalue weighted by Gasteiger charge is -2.30. The zero-order chi connectivity index (χ0) is 15.3. The molecule has 1 N–H and O–H groups in total. The Morgan fingerprint density at radius 3 is 2.76 bits per heavy atom. The van der Waals surface area contributed by atoms with Crippen LogP contribution in [0.15, 0.2) is 28.7 Å². The monoisotopic (exact) mass is 355 g/mol. The summed E-state index contributed by atoms with van der Waals surface area (Å²) in [6, 6.07) is 7.73. The van der Waals surface area contributed by atoms with Crippen LogP contribution in [0.25, 0.3) is 0 Å². The maximum atomic E-state index is 12.4. The molecule has 5 heteroatoms. The Morgan fingerprint density at radius 1 is 1.48 bits per heavy atom. The quantitative estimate of drug-likeness (QED) is 0.796. The van der Waals surface area contributed by atoms with Crippen LogP contribution in [0.4, 0.5) is 0 Å². The van der Waals surface area contributed by atoms with E-state index in [4.69, 9.17) is 9.47 Å². The Balaban J connectivity index is 2.16. The lowest BCUT2D eigenvalue weighted by molar-refractivity contribution is -0.151. The average molecular weight is 356 g/mol. The molecule has 4 nitrogen and oxygen atoms in total. The van der Waals surface area contributed by atoms with Crippen molar-refractivity contribution in [1.29, 1.82) is 0 Å². The van der Waals surface area contributed by atoms with Gasteiger partial charge in [0.15, 0.2) is 0 Å². The van der Waals surface area contributed by atoms with E-state index in [-0.39, 0.29) is 12.1 Å². The summed E-state index contributed by atoms with van der Waals surface area (Å²) in [4.78, 5) is 12.4. The van der Waals surface area contributed by atoms with Crippen molar-refractivity contribution >= 4 is 21.9 Å². The van der Waals surface area contributed by atoms with Crippen molar-refractivity contribution in [3.05, 3.63) is 34.3 Å². The van der Waals surface area contributed by atoms with Gasteiger partial charge in [0.1, 0.15) is 5.54 Å². The van der Waals surface area contributed by atoms with E-state index in [9.17, 15) is 4.79 Å². The molecule has 2 unspecified atom stereocenters. The fourth-order valence-electron chi connectivity index (χ4n) is 2.47. The molecule has 0 amide bonds. The molecular formula is C16H22BrNO3. The molecule has 2 rings (SSSR count). The number of hydrogen-bond acceptors (Lipinski definition) is 4. The molecule has 0 spiro atoms. The fourth-order valence-corrected chi connectivity index (χ4v) is 2.74. The van der Waals surface area contributed by atoms with Gasteiger partial charge in [0.2, 0.25) is 0 Å². The maximum Gasteiger partial charge on any atom is 0.330 e. The van der Waals surface area contributed by atoms with Gasteiger partial charge in [-0.1, -0.05) is 28.1 Å². The zero-order valence-corrected chi connectivity index (χ0v) is 14.1. The van der Waals surface area contributed by atoms with Crippen molar-refractivity contribution < 1.29 is 14.3 Å². The summed E-state index contributed by atoms with van der Waals surface area (Å²) in [5, 5.41) is 3.34. The average Bonchev–Trinajstić information content (AvgIpc) is 2.99. The normalized spacial score (nSPS) is 21.0. The molecule has 0 aromatic heterocycles. The van der Waals surface area contributed by atoms with Crippen molar-refractivity contribution in [2.45, 2.75) is 38.3 Å². The SMILES string of the molecule is CCOC(=O)C(C)(NCC1CCCO1)c1ccc(Br)cc1. The van der Waals surface area contributed by atoms with Crippen LogP contribution >= 0.6 is 15.9 Å². The minimum absolute atomic E-state index is 0.175. The number of carbonyl (C=O) groups excluding carboxylic acids is 1. The molecule has 1 fully saturated rings. The second kappa shape index (κ2) is 7.38. The highest BCUT2D eigenvalue weighted by Crippen LogP contribution is 2.25. The molecule has 21 heavy (non-hydrogen) atoms. The second-order valence-corrected chi connectivity index (χ2v) is 6.28. The van der Waals surface area contributed by atoms with Crippen LogP contribution in [0.5, 0.6) is 0 Å². The largest absolute Gasteiger partial charge is 0.464 e. The van der Waals surface area contributed by atoms with Gasteiger partial charge in [-0.2, -0.15) is 0 Å². The highest BCUT2D eigenvalue weighted by molar-refractivity contribution is 9.10. The van der Waals surface area contributed by atoms with Crippen molar-refractivity contribution in [3.8, 4) is 0 Å². The van der Waals surface area contributed by atoms with Gasteiger partial charge in [0.25, 0.3) is 0 Å². The molecule has 1 aliphatic rings. The number of halogens is 1. The van der Waals surface area contributed by atoms with E-state index >= 15 is 0 Å². The number of carbonyl (C=O) groups is 1. The molecule has 1 aromatic rings. The lowest BCUT2D eigenvalue weighted by Crippen LogP contribution is -2.50.